The van der Waals surface area contributed by atoms with Crippen molar-refractivity contribution in [2.45, 2.75) is 6.92 Å². The van der Waals surface area contributed by atoms with Crippen molar-refractivity contribution in [3.8, 4) is 0 Å². The zero-order chi connectivity index (χ0) is 15.2. The molecule has 0 aliphatic carbocycles. The van der Waals surface area contributed by atoms with Gasteiger partial charge in [0.1, 0.15) is 0 Å². The van der Waals surface area contributed by atoms with Crippen LogP contribution >= 0.6 is 0 Å². The van der Waals surface area contributed by atoms with Crippen LogP contribution in [-0.2, 0) is 4.74 Å². The minimum Gasteiger partial charge on any atom is -0.478 e. The average molecular weight is 285 g/mol. The minimum atomic E-state index is -1.00. The second-order valence-electron chi connectivity index (χ2n) is 4.28. The van der Waals surface area contributed by atoms with Crippen molar-refractivity contribution in [3.63, 3.8) is 0 Å². The van der Waals surface area contributed by atoms with Crippen molar-refractivity contribution in [2.24, 2.45) is 0 Å². The molecule has 0 spiro atoms. The summed E-state index contributed by atoms with van der Waals surface area (Å²) in [6.45, 7) is 2.03. The lowest BCUT2D eigenvalue weighted by molar-refractivity contribution is 0.0527. The average Bonchev–Trinajstić information content (AvgIpc) is 2.48. The summed E-state index contributed by atoms with van der Waals surface area (Å²) in [5.74, 6) is -1.42. The van der Waals surface area contributed by atoms with E-state index in [-0.39, 0.29) is 5.56 Å². The Kier molecular flexibility index (Phi) is 4.56. The van der Waals surface area contributed by atoms with Gasteiger partial charge in [0, 0.05) is 5.69 Å². The highest BCUT2D eigenvalue weighted by Crippen LogP contribution is 2.22. The molecule has 0 heterocycles. The number of hydrogen-bond acceptors (Lipinski definition) is 4. The Morgan fingerprint density at radius 2 is 1.90 bits per heavy atom. The first kappa shape index (κ1) is 14.6. The lowest BCUT2D eigenvalue weighted by Gasteiger charge is -2.11. The SMILES string of the molecule is CCOC(=O)c1ccccc1Nc1cccc(C(=O)O)c1. The van der Waals surface area contributed by atoms with Crippen LogP contribution < -0.4 is 5.32 Å². The minimum absolute atomic E-state index is 0.175. The van der Waals surface area contributed by atoms with Gasteiger partial charge in [0.05, 0.1) is 23.4 Å². The van der Waals surface area contributed by atoms with E-state index < -0.39 is 11.9 Å². The van der Waals surface area contributed by atoms with Crippen LogP contribution in [0.2, 0.25) is 0 Å². The molecule has 0 amide bonds. The van der Waals surface area contributed by atoms with Crippen LogP contribution in [0.25, 0.3) is 0 Å². The zero-order valence-corrected chi connectivity index (χ0v) is 11.5. The largest absolute Gasteiger partial charge is 0.478 e. The molecular formula is C16H15NO4. The highest BCUT2D eigenvalue weighted by molar-refractivity contribution is 5.97. The molecule has 0 aliphatic heterocycles. The third-order valence-corrected chi connectivity index (χ3v) is 2.81. The fourth-order valence-corrected chi connectivity index (χ4v) is 1.86. The van der Waals surface area contributed by atoms with E-state index in [1.807, 2.05) is 0 Å². The second-order valence-corrected chi connectivity index (χ2v) is 4.28. The maximum Gasteiger partial charge on any atom is 0.340 e. The monoisotopic (exact) mass is 285 g/mol. The van der Waals surface area contributed by atoms with Crippen molar-refractivity contribution in [2.75, 3.05) is 11.9 Å². The highest BCUT2D eigenvalue weighted by atomic mass is 16.5. The molecule has 2 rings (SSSR count). The lowest BCUT2D eigenvalue weighted by Crippen LogP contribution is -2.08. The zero-order valence-electron chi connectivity index (χ0n) is 11.5. The van der Waals surface area contributed by atoms with E-state index in [1.54, 1.807) is 43.3 Å². The predicted octanol–water partition coefficient (Wildman–Crippen LogP) is 3.31. The molecule has 0 aromatic heterocycles. The molecule has 2 aromatic carbocycles. The van der Waals surface area contributed by atoms with E-state index in [1.165, 1.54) is 12.1 Å². The molecule has 5 heteroatoms. The number of anilines is 2. The fraction of sp³-hybridized carbons (Fsp3) is 0.125. The maximum absolute atomic E-state index is 11.9. The van der Waals surface area contributed by atoms with Gasteiger partial charge in [-0.15, -0.1) is 0 Å². The summed E-state index contributed by atoms with van der Waals surface area (Å²) in [5.41, 5.74) is 1.74. The van der Waals surface area contributed by atoms with E-state index in [9.17, 15) is 9.59 Å². The van der Waals surface area contributed by atoms with Crippen molar-refractivity contribution in [3.05, 3.63) is 59.7 Å². The summed E-state index contributed by atoms with van der Waals surface area (Å²) in [7, 11) is 0. The van der Waals surface area contributed by atoms with E-state index >= 15 is 0 Å². The standard InChI is InChI=1S/C16H15NO4/c1-2-21-16(20)13-8-3-4-9-14(13)17-12-7-5-6-11(10-12)15(18)19/h3-10,17H,2H2,1H3,(H,18,19). The molecule has 21 heavy (non-hydrogen) atoms. The Morgan fingerprint density at radius 1 is 1.14 bits per heavy atom. The van der Waals surface area contributed by atoms with Gasteiger partial charge in [-0.25, -0.2) is 9.59 Å². The van der Waals surface area contributed by atoms with Crippen LogP contribution in [0.15, 0.2) is 48.5 Å². The van der Waals surface area contributed by atoms with E-state index in [4.69, 9.17) is 9.84 Å². The summed E-state index contributed by atoms with van der Waals surface area (Å²) in [5, 5.41) is 12.0. The summed E-state index contributed by atoms with van der Waals surface area (Å²) >= 11 is 0. The maximum atomic E-state index is 11.9. The number of rotatable bonds is 5. The number of para-hydroxylation sites is 1. The molecule has 108 valence electrons. The Hall–Kier alpha value is -2.82. The molecule has 0 fully saturated rings. The van der Waals surface area contributed by atoms with Gasteiger partial charge in [0.15, 0.2) is 0 Å². The predicted molar refractivity (Wildman–Crippen MR) is 79.1 cm³/mol. The van der Waals surface area contributed by atoms with Gasteiger partial charge in [-0.05, 0) is 37.3 Å². The first-order chi connectivity index (χ1) is 10.1. The Labute approximate surface area is 122 Å². The van der Waals surface area contributed by atoms with Crippen LogP contribution in [0.3, 0.4) is 0 Å². The van der Waals surface area contributed by atoms with Crippen LogP contribution in [0.1, 0.15) is 27.6 Å². The van der Waals surface area contributed by atoms with Gasteiger partial charge in [0.2, 0.25) is 0 Å². The molecule has 0 aliphatic rings. The smallest absolute Gasteiger partial charge is 0.340 e. The molecule has 0 saturated heterocycles. The summed E-state index contributed by atoms with van der Waals surface area (Å²) in [4.78, 5) is 22.8. The molecule has 0 radical (unpaired) electrons. The van der Waals surface area contributed by atoms with Gasteiger partial charge >= 0.3 is 11.9 Å². The van der Waals surface area contributed by atoms with Gasteiger partial charge in [-0.2, -0.15) is 0 Å². The molecule has 0 unspecified atom stereocenters. The van der Waals surface area contributed by atoms with Gasteiger partial charge in [0.25, 0.3) is 0 Å². The third-order valence-electron chi connectivity index (χ3n) is 2.81. The second kappa shape index (κ2) is 6.56. The number of benzene rings is 2. The number of hydrogen-bond donors (Lipinski definition) is 2. The number of ether oxygens (including phenoxy) is 1. The topological polar surface area (TPSA) is 75.6 Å². The molecule has 2 aromatic rings. The molecule has 0 atom stereocenters. The Balaban J connectivity index is 2.29. The number of nitrogens with one attached hydrogen (secondary N) is 1. The van der Waals surface area contributed by atoms with Gasteiger partial charge in [-0.1, -0.05) is 18.2 Å². The number of aromatic carboxylic acids is 1. The Bertz CT molecular complexity index is 667. The van der Waals surface area contributed by atoms with Crippen molar-refractivity contribution in [1.82, 2.24) is 0 Å². The summed E-state index contributed by atoms with van der Waals surface area (Å²) in [6, 6.07) is 13.3. The quantitative estimate of drug-likeness (QED) is 0.824. The third kappa shape index (κ3) is 3.60. The molecule has 5 nitrogen and oxygen atoms in total. The first-order valence-corrected chi connectivity index (χ1v) is 6.48. The van der Waals surface area contributed by atoms with Crippen molar-refractivity contribution >= 4 is 23.3 Å². The molecule has 2 N–H and O–H groups in total. The molecule has 0 saturated carbocycles. The lowest BCUT2D eigenvalue weighted by atomic mass is 10.1. The van der Waals surface area contributed by atoms with E-state index in [2.05, 4.69) is 5.32 Å². The van der Waals surface area contributed by atoms with Crippen LogP contribution in [0.4, 0.5) is 11.4 Å². The fourth-order valence-electron chi connectivity index (χ4n) is 1.86. The normalized spacial score (nSPS) is 9.95. The van der Waals surface area contributed by atoms with Crippen molar-refractivity contribution in [1.29, 1.82) is 0 Å². The van der Waals surface area contributed by atoms with Crippen LogP contribution in [0.5, 0.6) is 0 Å². The van der Waals surface area contributed by atoms with E-state index in [0.29, 0.717) is 23.5 Å². The van der Waals surface area contributed by atoms with Gasteiger partial charge < -0.3 is 15.2 Å². The number of esters is 1. The van der Waals surface area contributed by atoms with Crippen LogP contribution in [-0.4, -0.2) is 23.7 Å². The van der Waals surface area contributed by atoms with Gasteiger partial charge in [-0.3, -0.25) is 0 Å². The number of carboxylic acids is 1. The number of carbonyl (C=O) groups excluding carboxylic acids is 1. The summed E-state index contributed by atoms with van der Waals surface area (Å²) < 4.78 is 5.00. The molecular weight excluding hydrogens is 270 g/mol. The first-order valence-electron chi connectivity index (χ1n) is 6.48. The highest BCUT2D eigenvalue weighted by Gasteiger charge is 2.12. The molecule has 0 bridgehead atoms. The van der Waals surface area contributed by atoms with Crippen molar-refractivity contribution < 1.29 is 19.4 Å². The number of carbonyl (C=O) groups is 2. The number of carboxylic acid groups (broad SMARTS) is 1. The summed E-state index contributed by atoms with van der Waals surface area (Å²) in [6.07, 6.45) is 0. The Morgan fingerprint density at radius 3 is 2.62 bits per heavy atom. The van der Waals surface area contributed by atoms with Crippen LogP contribution in [0, 0.1) is 0 Å². The van der Waals surface area contributed by atoms with E-state index in [0.717, 1.165) is 0 Å².